The van der Waals surface area contributed by atoms with Gasteiger partial charge in [-0.3, -0.25) is 4.40 Å². The van der Waals surface area contributed by atoms with Crippen LogP contribution >= 0.6 is 11.3 Å². The van der Waals surface area contributed by atoms with Gasteiger partial charge >= 0.3 is 0 Å². The van der Waals surface area contributed by atoms with E-state index in [4.69, 9.17) is 9.72 Å². The summed E-state index contributed by atoms with van der Waals surface area (Å²) in [5, 5.41) is 4.43. The van der Waals surface area contributed by atoms with E-state index in [1.165, 1.54) is 15.1 Å². The molecule has 0 saturated carbocycles. The summed E-state index contributed by atoms with van der Waals surface area (Å²) in [7, 11) is -2.03. The van der Waals surface area contributed by atoms with Crippen molar-refractivity contribution in [3.8, 4) is 11.3 Å². The van der Waals surface area contributed by atoms with Crippen LogP contribution in [0.5, 0.6) is 0 Å². The average molecular weight is 492 g/mol. The Morgan fingerprint density at radius 2 is 1.74 bits per heavy atom. The minimum absolute atomic E-state index is 0.294. The number of ether oxygens (including phenoxy) is 1. The van der Waals surface area contributed by atoms with Crippen LogP contribution in [-0.4, -0.2) is 48.9 Å². The van der Waals surface area contributed by atoms with Gasteiger partial charge < -0.3 is 4.74 Å². The fraction of sp³-hybridized carbons (Fsp3) is 0.192. The Kier molecular flexibility index (Phi) is 6.47. The summed E-state index contributed by atoms with van der Waals surface area (Å²) < 4.78 is 35.2. The minimum atomic E-state index is -3.61. The lowest BCUT2D eigenvalue weighted by Gasteiger charge is -2.21. The summed E-state index contributed by atoms with van der Waals surface area (Å²) in [5.74, 6) is 0. The van der Waals surface area contributed by atoms with Gasteiger partial charge in [-0.25, -0.2) is 13.4 Å². The maximum Gasteiger partial charge on any atom is 0.243 e. The minimum Gasteiger partial charge on any atom is -0.383 e. The molecule has 0 N–H and O–H groups in total. The molecule has 0 aliphatic heterocycles. The van der Waals surface area contributed by atoms with Crippen molar-refractivity contribution in [1.29, 1.82) is 0 Å². The van der Waals surface area contributed by atoms with Crippen LogP contribution in [-0.2, 0) is 21.2 Å². The van der Waals surface area contributed by atoms with Gasteiger partial charge in [-0.2, -0.15) is 4.31 Å². The highest BCUT2D eigenvalue weighted by atomic mass is 32.2. The van der Waals surface area contributed by atoms with Crippen LogP contribution in [0.3, 0.4) is 0 Å². The first kappa shape index (κ1) is 22.7. The molecule has 0 bridgehead atoms. The van der Waals surface area contributed by atoms with Crippen LogP contribution in [0.25, 0.3) is 27.0 Å². The number of hydrogen-bond donors (Lipinski definition) is 0. The highest BCUT2D eigenvalue weighted by Crippen LogP contribution is 2.27. The summed E-state index contributed by atoms with van der Waals surface area (Å²) >= 11 is 1.57. The van der Waals surface area contributed by atoms with Gasteiger partial charge in [0, 0.05) is 49.5 Å². The van der Waals surface area contributed by atoms with E-state index in [0.29, 0.717) is 31.0 Å². The van der Waals surface area contributed by atoms with Crippen LogP contribution < -0.4 is 0 Å². The quantitative estimate of drug-likeness (QED) is 0.288. The largest absolute Gasteiger partial charge is 0.383 e. The molecule has 0 fully saturated rings. The molecule has 0 atom stereocenters. The summed E-state index contributed by atoms with van der Waals surface area (Å²) in [6.45, 7) is 0.992. The van der Waals surface area contributed by atoms with Gasteiger partial charge in [0.1, 0.15) is 0 Å². The molecule has 0 aliphatic carbocycles. The van der Waals surface area contributed by atoms with Gasteiger partial charge in [-0.15, -0.1) is 11.3 Å². The molecule has 8 heteroatoms. The highest BCUT2D eigenvalue weighted by molar-refractivity contribution is 7.89. The van der Waals surface area contributed by atoms with E-state index in [2.05, 4.69) is 40.1 Å². The molecule has 2 aromatic heterocycles. The molecule has 3 aromatic carbocycles. The molecule has 5 rings (SSSR count). The Bertz CT molecular complexity index is 1530. The zero-order valence-electron chi connectivity index (χ0n) is 18.8. The molecule has 0 radical (unpaired) electrons. The van der Waals surface area contributed by atoms with Crippen molar-refractivity contribution >= 4 is 37.1 Å². The molecule has 0 unspecified atom stereocenters. The van der Waals surface area contributed by atoms with Crippen LogP contribution in [0.1, 0.15) is 5.69 Å². The maximum absolute atomic E-state index is 13.2. The number of hydrogen-bond acceptors (Lipinski definition) is 5. The van der Waals surface area contributed by atoms with Crippen LogP contribution in [0.15, 0.2) is 89.3 Å². The number of methoxy groups -OCH3 is 1. The fourth-order valence-electron chi connectivity index (χ4n) is 4.02. The predicted octanol–water partition coefficient (Wildman–Crippen LogP) is 5.10. The zero-order chi connectivity index (χ0) is 23.5. The second kappa shape index (κ2) is 9.68. The van der Waals surface area contributed by atoms with Crippen molar-refractivity contribution in [3.63, 3.8) is 0 Å². The van der Waals surface area contributed by atoms with Gasteiger partial charge in [-0.1, -0.05) is 54.6 Å². The van der Waals surface area contributed by atoms with Crippen molar-refractivity contribution in [1.82, 2.24) is 13.7 Å². The summed E-state index contributed by atoms with van der Waals surface area (Å²) in [4.78, 5) is 6.00. The maximum atomic E-state index is 13.2. The van der Waals surface area contributed by atoms with Gasteiger partial charge in [0.15, 0.2) is 4.96 Å². The van der Waals surface area contributed by atoms with Crippen molar-refractivity contribution in [2.75, 3.05) is 26.8 Å². The van der Waals surface area contributed by atoms with Crippen molar-refractivity contribution < 1.29 is 13.2 Å². The first-order chi connectivity index (χ1) is 16.6. The van der Waals surface area contributed by atoms with E-state index in [1.54, 1.807) is 42.7 Å². The van der Waals surface area contributed by atoms with E-state index in [0.717, 1.165) is 21.9 Å². The third kappa shape index (κ3) is 4.50. The number of imidazole rings is 1. The van der Waals surface area contributed by atoms with E-state index >= 15 is 0 Å². The number of fused-ring (bicyclic) bond motifs is 2. The third-order valence-corrected chi connectivity index (χ3v) is 8.67. The summed E-state index contributed by atoms with van der Waals surface area (Å²) in [6, 6.07) is 23.2. The van der Waals surface area contributed by atoms with Crippen molar-refractivity contribution in [2.45, 2.75) is 11.3 Å². The van der Waals surface area contributed by atoms with Crippen LogP contribution in [0.2, 0.25) is 0 Å². The van der Waals surface area contributed by atoms with Crippen LogP contribution in [0, 0.1) is 0 Å². The first-order valence-corrected chi connectivity index (χ1v) is 13.4. The number of sulfonamides is 1. The second-order valence-electron chi connectivity index (χ2n) is 8.03. The number of thiazole rings is 1. The molecule has 34 heavy (non-hydrogen) atoms. The Morgan fingerprint density at radius 3 is 2.53 bits per heavy atom. The normalized spacial score (nSPS) is 12.2. The Morgan fingerprint density at radius 1 is 0.971 bits per heavy atom. The molecule has 0 saturated heterocycles. The SMILES string of the molecule is COCCN(CCc1csc2nc(-c3ccc4ccccc4c3)cn12)S(=O)(=O)c1ccccc1. The first-order valence-electron chi connectivity index (χ1n) is 11.0. The molecular formula is C26H25N3O3S2. The van der Waals surface area contributed by atoms with E-state index in [1.807, 2.05) is 24.4 Å². The van der Waals surface area contributed by atoms with E-state index < -0.39 is 10.0 Å². The Hall–Kier alpha value is -3.04. The van der Waals surface area contributed by atoms with Crippen molar-refractivity contribution in [2.24, 2.45) is 0 Å². The topological polar surface area (TPSA) is 63.9 Å². The molecule has 5 aromatic rings. The number of aromatic nitrogens is 2. The molecule has 6 nitrogen and oxygen atoms in total. The molecule has 2 heterocycles. The fourth-order valence-corrected chi connectivity index (χ4v) is 6.38. The van der Waals surface area contributed by atoms with Gasteiger partial charge in [0.2, 0.25) is 10.0 Å². The lowest BCUT2D eigenvalue weighted by atomic mass is 10.1. The molecule has 0 spiro atoms. The van der Waals surface area contributed by atoms with Gasteiger partial charge in [0.05, 0.1) is 17.2 Å². The van der Waals surface area contributed by atoms with Crippen molar-refractivity contribution in [3.05, 3.63) is 90.1 Å². The molecular weight excluding hydrogens is 466 g/mol. The average Bonchev–Trinajstić information content (AvgIpc) is 3.46. The number of benzene rings is 3. The van der Waals surface area contributed by atoms with Crippen LogP contribution in [0.4, 0.5) is 0 Å². The monoisotopic (exact) mass is 491 g/mol. The zero-order valence-corrected chi connectivity index (χ0v) is 20.4. The lowest BCUT2D eigenvalue weighted by molar-refractivity contribution is 0.179. The lowest BCUT2D eigenvalue weighted by Crippen LogP contribution is -2.35. The summed E-state index contributed by atoms with van der Waals surface area (Å²) in [5.41, 5.74) is 3.01. The highest BCUT2D eigenvalue weighted by Gasteiger charge is 2.24. The Labute approximate surface area is 203 Å². The Balaban J connectivity index is 1.40. The smallest absolute Gasteiger partial charge is 0.243 e. The second-order valence-corrected chi connectivity index (χ2v) is 10.8. The van der Waals surface area contributed by atoms with Gasteiger partial charge in [0.25, 0.3) is 0 Å². The molecule has 174 valence electrons. The van der Waals surface area contributed by atoms with E-state index in [9.17, 15) is 8.42 Å². The van der Waals surface area contributed by atoms with Gasteiger partial charge in [-0.05, 0) is 29.0 Å². The molecule has 0 aliphatic rings. The third-order valence-electron chi connectivity index (χ3n) is 5.87. The standard InChI is InChI=1S/C26H25N3O3S2/c1-32-16-15-28(34(30,31)24-9-3-2-4-10-24)14-13-23-19-33-26-27-25(18-29(23)26)22-12-11-20-7-5-6-8-21(20)17-22/h2-12,17-19H,13-16H2,1H3. The molecule has 0 amide bonds. The van der Waals surface area contributed by atoms with E-state index in [-0.39, 0.29) is 0 Å². The number of rotatable bonds is 9. The predicted molar refractivity (Wildman–Crippen MR) is 137 cm³/mol. The summed E-state index contributed by atoms with van der Waals surface area (Å²) in [6.07, 6.45) is 2.61. The number of nitrogens with zero attached hydrogens (tertiary/aromatic N) is 3.